The maximum Gasteiger partial charge on any atom is 0.335 e. The summed E-state index contributed by atoms with van der Waals surface area (Å²) in [7, 11) is 0. The fraction of sp³-hybridized carbons (Fsp3) is 0.200. The van der Waals surface area contributed by atoms with Gasteiger partial charge in [-0.3, -0.25) is 9.78 Å². The third-order valence-electron chi connectivity index (χ3n) is 6.77. The van der Waals surface area contributed by atoms with Gasteiger partial charge in [0.1, 0.15) is 17.6 Å². The van der Waals surface area contributed by atoms with Crippen molar-refractivity contribution in [2.45, 2.75) is 32.4 Å². The van der Waals surface area contributed by atoms with Crippen molar-refractivity contribution in [1.82, 2.24) is 15.2 Å². The Hall–Kier alpha value is -4.50. The molecule has 0 spiro atoms. The largest absolute Gasteiger partial charge is 0.478 e. The zero-order valence-electron chi connectivity index (χ0n) is 21.5. The predicted molar refractivity (Wildman–Crippen MR) is 152 cm³/mol. The number of nitrogens with one attached hydrogen (secondary N) is 2. The van der Waals surface area contributed by atoms with E-state index in [9.17, 15) is 14.7 Å². The predicted octanol–water partition coefficient (Wildman–Crippen LogP) is 5.66. The Morgan fingerprint density at radius 1 is 1.08 bits per heavy atom. The van der Waals surface area contributed by atoms with E-state index in [0.717, 1.165) is 28.1 Å². The van der Waals surface area contributed by atoms with Gasteiger partial charge in [0.25, 0.3) is 0 Å². The number of thiocarbonyl (C=S) groups is 1. The van der Waals surface area contributed by atoms with Crippen LogP contribution in [0, 0.1) is 13.8 Å². The van der Waals surface area contributed by atoms with Gasteiger partial charge in [-0.1, -0.05) is 29.8 Å². The smallest absolute Gasteiger partial charge is 0.335 e. The van der Waals surface area contributed by atoms with Crippen LogP contribution < -0.4 is 10.6 Å². The third-order valence-corrected chi connectivity index (χ3v) is 7.12. The highest BCUT2D eigenvalue weighted by Gasteiger charge is 2.41. The first-order valence-electron chi connectivity index (χ1n) is 12.6. The van der Waals surface area contributed by atoms with Gasteiger partial charge < -0.3 is 25.1 Å². The highest BCUT2D eigenvalue weighted by Crippen LogP contribution is 2.40. The number of hydrogen-bond donors (Lipinski definition) is 3. The minimum Gasteiger partial charge on any atom is -0.478 e. The lowest BCUT2D eigenvalue weighted by molar-refractivity contribution is -0.116. The van der Waals surface area contributed by atoms with Crippen molar-refractivity contribution < 1.29 is 19.1 Å². The molecule has 198 valence electrons. The molecular weight excluding hydrogens is 512 g/mol. The molecule has 39 heavy (non-hydrogen) atoms. The number of amides is 1. The van der Waals surface area contributed by atoms with Gasteiger partial charge >= 0.3 is 5.97 Å². The molecule has 1 fully saturated rings. The number of hydrogen-bond acceptors (Lipinski definition) is 5. The number of carboxylic acids is 1. The summed E-state index contributed by atoms with van der Waals surface area (Å²) < 4.78 is 6.36. The third kappa shape index (κ3) is 5.68. The molecule has 2 atom stereocenters. The number of carboxylic acid groups (broad SMARTS) is 1. The van der Waals surface area contributed by atoms with E-state index >= 15 is 0 Å². The Bertz CT molecular complexity index is 1520. The summed E-state index contributed by atoms with van der Waals surface area (Å²) >= 11 is 5.71. The molecule has 3 N–H and O–H groups in total. The molecule has 9 heteroatoms. The van der Waals surface area contributed by atoms with Crippen molar-refractivity contribution in [3.05, 3.63) is 107 Å². The van der Waals surface area contributed by atoms with Crippen LogP contribution in [0.4, 0.5) is 5.69 Å². The van der Waals surface area contributed by atoms with Gasteiger partial charge in [-0.05, 0) is 80.2 Å². The van der Waals surface area contributed by atoms with Gasteiger partial charge in [0, 0.05) is 30.4 Å². The van der Waals surface area contributed by atoms with E-state index in [-0.39, 0.29) is 30.0 Å². The van der Waals surface area contributed by atoms with Crippen LogP contribution in [-0.2, 0) is 4.79 Å². The molecule has 0 aliphatic carbocycles. The van der Waals surface area contributed by atoms with E-state index in [2.05, 4.69) is 15.6 Å². The van der Waals surface area contributed by atoms with E-state index in [1.807, 2.05) is 73.3 Å². The lowest BCUT2D eigenvalue weighted by atomic mass is 10.0. The first-order chi connectivity index (χ1) is 18.8. The van der Waals surface area contributed by atoms with Gasteiger partial charge in [0.05, 0.1) is 17.3 Å². The normalized spacial score (nSPS) is 16.7. The molecule has 0 bridgehead atoms. The number of aryl methyl sites for hydroxylation is 2. The Kier molecular flexibility index (Phi) is 7.42. The highest BCUT2D eigenvalue weighted by atomic mass is 32.1. The molecule has 1 saturated heterocycles. The van der Waals surface area contributed by atoms with Gasteiger partial charge in [0.2, 0.25) is 5.91 Å². The standard InChI is InChI=1S/C30H28N4O4S/c1-18-6-9-21(10-7-18)32-26(35)14-16-34-28(27(33-30(34)39)23-5-3-4-15-31-23)25-13-12-24(38-25)22-11-8-20(29(36)37)17-19(22)2/h3-13,15,17,27-28H,14,16H2,1-2H3,(H,32,35)(H,33,39)(H,36,37)/t27-,28+/m1/s1. The second kappa shape index (κ2) is 11.1. The van der Waals surface area contributed by atoms with Crippen molar-refractivity contribution in [3.63, 3.8) is 0 Å². The van der Waals surface area contributed by atoms with Crippen molar-refractivity contribution in [2.24, 2.45) is 0 Å². The Morgan fingerprint density at radius 3 is 2.56 bits per heavy atom. The minimum atomic E-state index is -0.976. The second-order valence-corrected chi connectivity index (χ2v) is 9.91. The lowest BCUT2D eigenvalue weighted by Gasteiger charge is -2.25. The Balaban J connectivity index is 1.41. The zero-order chi connectivity index (χ0) is 27.5. The van der Waals surface area contributed by atoms with Gasteiger partial charge in [-0.2, -0.15) is 0 Å². The van der Waals surface area contributed by atoms with Crippen LogP contribution in [0.15, 0.2) is 83.4 Å². The first kappa shape index (κ1) is 26.1. The van der Waals surface area contributed by atoms with Crippen molar-refractivity contribution in [1.29, 1.82) is 0 Å². The van der Waals surface area contributed by atoms with Crippen molar-refractivity contribution >= 4 is 34.9 Å². The van der Waals surface area contributed by atoms with Crippen LogP contribution in [0.5, 0.6) is 0 Å². The number of pyridine rings is 1. The van der Waals surface area contributed by atoms with E-state index < -0.39 is 5.97 Å². The summed E-state index contributed by atoms with van der Waals surface area (Å²) in [4.78, 5) is 30.6. The molecule has 0 saturated carbocycles. The van der Waals surface area contributed by atoms with Crippen molar-refractivity contribution in [2.75, 3.05) is 11.9 Å². The number of aromatic nitrogens is 1. The second-order valence-electron chi connectivity index (χ2n) is 9.52. The maximum absolute atomic E-state index is 12.8. The van der Waals surface area contributed by atoms with Crippen LogP contribution in [0.25, 0.3) is 11.3 Å². The maximum atomic E-state index is 12.8. The van der Waals surface area contributed by atoms with Gasteiger partial charge in [-0.15, -0.1) is 0 Å². The van der Waals surface area contributed by atoms with E-state index in [1.54, 1.807) is 24.4 Å². The fourth-order valence-electron chi connectivity index (χ4n) is 4.77. The summed E-state index contributed by atoms with van der Waals surface area (Å²) in [5.41, 5.74) is 4.49. The van der Waals surface area contributed by atoms with Crippen molar-refractivity contribution in [3.8, 4) is 11.3 Å². The number of benzene rings is 2. The molecular formula is C30H28N4O4S. The molecule has 3 heterocycles. The number of aromatic carboxylic acids is 1. The molecule has 8 nitrogen and oxygen atoms in total. The number of nitrogens with zero attached hydrogens (tertiary/aromatic N) is 2. The monoisotopic (exact) mass is 540 g/mol. The minimum absolute atomic E-state index is 0.115. The van der Waals surface area contributed by atoms with Crippen LogP contribution in [0.2, 0.25) is 0 Å². The number of furan rings is 1. The summed E-state index contributed by atoms with van der Waals surface area (Å²) in [6.45, 7) is 4.23. The molecule has 4 aromatic rings. The van der Waals surface area contributed by atoms with E-state index in [1.165, 1.54) is 0 Å². The van der Waals surface area contributed by atoms with Crippen LogP contribution in [0.3, 0.4) is 0 Å². The van der Waals surface area contributed by atoms with Crippen LogP contribution in [-0.4, -0.2) is 38.5 Å². The summed E-state index contributed by atoms with van der Waals surface area (Å²) in [6.07, 6.45) is 1.96. The lowest BCUT2D eigenvalue weighted by Crippen LogP contribution is -2.32. The van der Waals surface area contributed by atoms with Gasteiger partial charge in [0.15, 0.2) is 5.11 Å². The molecule has 5 rings (SSSR count). The average molecular weight is 541 g/mol. The Morgan fingerprint density at radius 2 is 1.87 bits per heavy atom. The average Bonchev–Trinajstić information content (AvgIpc) is 3.53. The van der Waals surface area contributed by atoms with Gasteiger partial charge in [-0.25, -0.2) is 4.79 Å². The van der Waals surface area contributed by atoms with E-state index in [4.69, 9.17) is 16.6 Å². The number of carbonyl (C=O) groups is 2. The molecule has 2 aromatic heterocycles. The summed E-state index contributed by atoms with van der Waals surface area (Å²) in [5, 5.41) is 16.1. The molecule has 1 aliphatic heterocycles. The Labute approximate surface area is 231 Å². The highest BCUT2D eigenvalue weighted by molar-refractivity contribution is 7.80. The number of anilines is 1. The number of carbonyl (C=O) groups excluding carboxylic acids is 1. The fourth-order valence-corrected chi connectivity index (χ4v) is 5.10. The molecule has 0 unspecified atom stereocenters. The molecule has 1 aliphatic rings. The topological polar surface area (TPSA) is 108 Å². The number of rotatable bonds is 8. The quantitative estimate of drug-likeness (QED) is 0.246. The van der Waals surface area contributed by atoms with E-state index in [0.29, 0.717) is 23.2 Å². The first-order valence-corrected chi connectivity index (χ1v) is 13.0. The molecule has 1 amide bonds. The zero-order valence-corrected chi connectivity index (χ0v) is 22.4. The summed E-state index contributed by atoms with van der Waals surface area (Å²) in [6, 6.07) is 21.5. The van der Waals surface area contributed by atoms with Crippen LogP contribution >= 0.6 is 12.2 Å². The summed E-state index contributed by atoms with van der Waals surface area (Å²) in [5.74, 6) is 0.189. The SMILES string of the molecule is Cc1ccc(NC(=O)CCN2C(=S)N[C@H](c3ccccn3)[C@@H]2c2ccc(-c3ccc(C(=O)O)cc3C)o2)cc1. The molecule has 0 radical (unpaired) electrons. The molecule has 2 aromatic carbocycles. The van der Waals surface area contributed by atoms with Crippen LogP contribution in [0.1, 0.15) is 51.4 Å².